The Hall–Kier alpha value is -0.770. The van der Waals surface area contributed by atoms with Gasteiger partial charge in [-0.2, -0.15) is 0 Å². The Kier molecular flexibility index (Phi) is 2.06. The van der Waals surface area contributed by atoms with Gasteiger partial charge in [0.25, 0.3) is 0 Å². The van der Waals surface area contributed by atoms with Gasteiger partial charge in [-0.25, -0.2) is 4.79 Å². The average Bonchev–Trinajstić information content (AvgIpc) is 2.71. The molecule has 0 aromatic carbocycles. The molecule has 1 amide bonds. The molecule has 2 atom stereocenters. The van der Waals surface area contributed by atoms with E-state index < -0.39 is 6.09 Å². The molecule has 86 valence electrons. The molecule has 2 fully saturated rings. The van der Waals surface area contributed by atoms with Crippen molar-refractivity contribution in [2.24, 2.45) is 10.8 Å². The number of carbonyl (C=O) groups is 1. The Labute approximate surface area is 90.4 Å². The second-order valence-corrected chi connectivity index (χ2v) is 5.95. The first-order chi connectivity index (χ1) is 6.83. The summed E-state index contributed by atoms with van der Waals surface area (Å²) in [6.45, 7) is 8.44. The van der Waals surface area contributed by atoms with Crippen LogP contribution < -0.4 is 10.6 Å². The van der Waals surface area contributed by atoms with Crippen LogP contribution in [0.3, 0.4) is 0 Å². The lowest BCUT2D eigenvalue weighted by atomic mass is 9.72. The molecule has 1 saturated carbocycles. The smallest absolute Gasteiger partial charge is 0.405 e. The van der Waals surface area contributed by atoms with E-state index in [0.717, 1.165) is 25.9 Å². The molecule has 1 heterocycles. The van der Waals surface area contributed by atoms with E-state index in [1.165, 1.54) is 0 Å². The quantitative estimate of drug-likeness (QED) is 0.616. The SMILES string of the molecule is CC(C)(C)C12CNCCC1(NC(=O)O)C2. The molecule has 2 unspecified atom stereocenters. The highest BCUT2D eigenvalue weighted by molar-refractivity contribution is 5.67. The first kappa shape index (κ1) is 10.7. The lowest BCUT2D eigenvalue weighted by molar-refractivity contribution is 0.127. The zero-order valence-corrected chi connectivity index (χ0v) is 9.68. The van der Waals surface area contributed by atoms with Crippen LogP contribution >= 0.6 is 0 Å². The summed E-state index contributed by atoms with van der Waals surface area (Å²) in [5.41, 5.74) is 0.0852. The molecule has 0 radical (unpaired) electrons. The fourth-order valence-electron chi connectivity index (χ4n) is 3.31. The third kappa shape index (κ3) is 1.34. The molecule has 15 heavy (non-hydrogen) atoms. The molecule has 0 bridgehead atoms. The number of amides is 1. The van der Waals surface area contributed by atoms with E-state index in [0.29, 0.717) is 0 Å². The van der Waals surface area contributed by atoms with Crippen LogP contribution in [0, 0.1) is 10.8 Å². The number of nitrogens with one attached hydrogen (secondary N) is 2. The second-order valence-electron chi connectivity index (χ2n) is 5.95. The van der Waals surface area contributed by atoms with Crippen LogP contribution in [0.25, 0.3) is 0 Å². The third-order valence-electron chi connectivity index (χ3n) is 4.33. The van der Waals surface area contributed by atoms with Gasteiger partial charge >= 0.3 is 6.09 Å². The van der Waals surface area contributed by atoms with Gasteiger partial charge in [-0.3, -0.25) is 0 Å². The van der Waals surface area contributed by atoms with Crippen LogP contribution in [-0.2, 0) is 0 Å². The van der Waals surface area contributed by atoms with E-state index in [1.807, 2.05) is 0 Å². The fraction of sp³-hybridized carbons (Fsp3) is 0.909. The minimum absolute atomic E-state index is 0.108. The molecule has 1 aliphatic heterocycles. The Morgan fingerprint density at radius 1 is 1.47 bits per heavy atom. The van der Waals surface area contributed by atoms with Crippen LogP contribution in [0.5, 0.6) is 0 Å². The highest BCUT2D eigenvalue weighted by atomic mass is 16.4. The zero-order chi connectivity index (χ0) is 11.3. The van der Waals surface area contributed by atoms with Crippen LogP contribution in [0.1, 0.15) is 33.6 Å². The van der Waals surface area contributed by atoms with E-state index in [2.05, 4.69) is 31.4 Å². The van der Waals surface area contributed by atoms with Crippen molar-refractivity contribution in [3.63, 3.8) is 0 Å². The summed E-state index contributed by atoms with van der Waals surface area (Å²) < 4.78 is 0. The lowest BCUT2D eigenvalue weighted by Crippen LogP contribution is -2.53. The summed E-state index contributed by atoms with van der Waals surface area (Å²) in [5, 5.41) is 15.1. The van der Waals surface area contributed by atoms with E-state index in [-0.39, 0.29) is 16.4 Å². The van der Waals surface area contributed by atoms with Gasteiger partial charge in [0.1, 0.15) is 0 Å². The van der Waals surface area contributed by atoms with Crippen LogP contribution in [0.4, 0.5) is 4.79 Å². The maximum absolute atomic E-state index is 10.8. The van der Waals surface area contributed by atoms with Crippen molar-refractivity contribution in [1.82, 2.24) is 10.6 Å². The van der Waals surface area contributed by atoms with Crippen LogP contribution in [0.2, 0.25) is 0 Å². The summed E-state index contributed by atoms with van der Waals surface area (Å²) in [6, 6.07) is 0. The third-order valence-corrected chi connectivity index (χ3v) is 4.33. The first-order valence-corrected chi connectivity index (χ1v) is 5.55. The van der Waals surface area contributed by atoms with Crippen LogP contribution in [0.15, 0.2) is 0 Å². The topological polar surface area (TPSA) is 61.4 Å². The van der Waals surface area contributed by atoms with E-state index >= 15 is 0 Å². The molecule has 2 aliphatic rings. The number of hydrogen-bond acceptors (Lipinski definition) is 2. The molecule has 4 nitrogen and oxygen atoms in total. The normalized spacial score (nSPS) is 39.4. The van der Waals surface area contributed by atoms with Gasteiger partial charge in [0.05, 0.1) is 5.54 Å². The molecule has 3 N–H and O–H groups in total. The van der Waals surface area contributed by atoms with Crippen molar-refractivity contribution in [3.8, 4) is 0 Å². The number of carboxylic acid groups (broad SMARTS) is 1. The monoisotopic (exact) mass is 212 g/mol. The number of piperidine rings is 1. The van der Waals surface area contributed by atoms with Gasteiger partial charge in [0.15, 0.2) is 0 Å². The Balaban J connectivity index is 2.23. The molecule has 1 aliphatic carbocycles. The predicted octanol–water partition coefficient (Wildman–Crippen LogP) is 1.42. The molecule has 2 rings (SSSR count). The molecular weight excluding hydrogens is 192 g/mol. The standard InChI is InChI=1S/C11H20N2O2/c1-9(2,3)10-6-11(10,13-8(14)15)4-5-12-7-10/h12-13H,4-7H2,1-3H3,(H,14,15). The minimum Gasteiger partial charge on any atom is -0.465 e. The fourth-order valence-corrected chi connectivity index (χ4v) is 3.31. The largest absolute Gasteiger partial charge is 0.465 e. The highest BCUT2D eigenvalue weighted by Gasteiger charge is 2.73. The van der Waals surface area contributed by atoms with Crippen molar-refractivity contribution in [1.29, 1.82) is 0 Å². The van der Waals surface area contributed by atoms with Gasteiger partial charge in [0.2, 0.25) is 0 Å². The van der Waals surface area contributed by atoms with Gasteiger partial charge < -0.3 is 15.7 Å². The van der Waals surface area contributed by atoms with Crippen LogP contribution in [-0.4, -0.2) is 29.8 Å². The Morgan fingerprint density at radius 2 is 2.13 bits per heavy atom. The predicted molar refractivity (Wildman–Crippen MR) is 57.9 cm³/mol. The average molecular weight is 212 g/mol. The molecule has 1 saturated heterocycles. The summed E-state index contributed by atoms with van der Waals surface area (Å²) in [6.07, 6.45) is 1.00. The van der Waals surface area contributed by atoms with Crippen molar-refractivity contribution in [2.45, 2.75) is 39.2 Å². The molecular formula is C11H20N2O2. The van der Waals surface area contributed by atoms with Gasteiger partial charge in [0, 0.05) is 12.0 Å². The number of rotatable bonds is 1. The Morgan fingerprint density at radius 3 is 2.67 bits per heavy atom. The maximum atomic E-state index is 10.8. The molecule has 0 spiro atoms. The summed E-state index contributed by atoms with van der Waals surface area (Å²) in [4.78, 5) is 10.8. The summed E-state index contributed by atoms with van der Waals surface area (Å²) in [7, 11) is 0. The second kappa shape index (κ2) is 2.88. The first-order valence-electron chi connectivity index (χ1n) is 5.55. The Bertz CT molecular complexity index is 297. The molecule has 0 aromatic heterocycles. The van der Waals surface area contributed by atoms with Gasteiger partial charge in [-0.1, -0.05) is 20.8 Å². The van der Waals surface area contributed by atoms with E-state index in [9.17, 15) is 4.79 Å². The van der Waals surface area contributed by atoms with Crippen molar-refractivity contribution < 1.29 is 9.90 Å². The van der Waals surface area contributed by atoms with Crippen molar-refractivity contribution >= 4 is 6.09 Å². The van der Waals surface area contributed by atoms with Gasteiger partial charge in [-0.05, 0) is 24.8 Å². The van der Waals surface area contributed by atoms with Gasteiger partial charge in [-0.15, -0.1) is 0 Å². The molecule has 0 aromatic rings. The highest BCUT2D eigenvalue weighted by Crippen LogP contribution is 2.67. The zero-order valence-electron chi connectivity index (χ0n) is 9.68. The van der Waals surface area contributed by atoms with Crippen molar-refractivity contribution in [3.05, 3.63) is 0 Å². The lowest BCUT2D eigenvalue weighted by Gasteiger charge is -2.40. The summed E-state index contributed by atoms with van der Waals surface area (Å²) >= 11 is 0. The molecule has 4 heteroatoms. The van der Waals surface area contributed by atoms with Crippen molar-refractivity contribution in [2.75, 3.05) is 13.1 Å². The number of fused-ring (bicyclic) bond motifs is 1. The maximum Gasteiger partial charge on any atom is 0.405 e. The van der Waals surface area contributed by atoms with E-state index in [4.69, 9.17) is 5.11 Å². The minimum atomic E-state index is -0.886. The number of hydrogen-bond donors (Lipinski definition) is 3. The summed E-state index contributed by atoms with van der Waals surface area (Å²) in [5.74, 6) is 0. The van der Waals surface area contributed by atoms with E-state index in [1.54, 1.807) is 0 Å².